The van der Waals surface area contributed by atoms with Crippen LogP contribution in [0.4, 0.5) is 0 Å². The molecule has 0 aliphatic heterocycles. The number of hydrogen-bond donors (Lipinski definition) is 4. The summed E-state index contributed by atoms with van der Waals surface area (Å²) in [6, 6.07) is 7.03. The topological polar surface area (TPSA) is 115 Å². The maximum Gasteiger partial charge on any atom is 0.303 e. The van der Waals surface area contributed by atoms with E-state index in [0.29, 0.717) is 35.1 Å². The fourth-order valence-electron chi connectivity index (χ4n) is 3.13. The van der Waals surface area contributed by atoms with Crippen LogP contribution >= 0.6 is 0 Å². The highest BCUT2D eigenvalue weighted by atomic mass is 16.4. The van der Waals surface area contributed by atoms with Gasteiger partial charge in [0.2, 0.25) is 0 Å². The van der Waals surface area contributed by atoms with Gasteiger partial charge in [0.15, 0.2) is 0 Å². The Labute approximate surface area is 157 Å². The zero-order valence-electron chi connectivity index (χ0n) is 15.5. The molecule has 2 rings (SSSR count). The van der Waals surface area contributed by atoms with Crippen LogP contribution in [-0.2, 0) is 28.9 Å². The number of aliphatic carboxylic acids is 2. The molecule has 0 saturated heterocycles. The van der Waals surface area contributed by atoms with Crippen LogP contribution in [0.2, 0.25) is 0 Å². The molecule has 144 valence electrons. The van der Waals surface area contributed by atoms with Crippen LogP contribution in [0.1, 0.15) is 46.2 Å². The largest absolute Gasteiger partial charge is 0.507 e. The molecule has 0 spiro atoms. The predicted octanol–water partition coefficient (Wildman–Crippen LogP) is 3.34. The van der Waals surface area contributed by atoms with E-state index in [9.17, 15) is 19.8 Å². The summed E-state index contributed by atoms with van der Waals surface area (Å²) in [6.07, 6.45) is 0.971. The van der Waals surface area contributed by atoms with Gasteiger partial charge in [-0.1, -0.05) is 24.3 Å². The van der Waals surface area contributed by atoms with Crippen molar-refractivity contribution in [2.45, 2.75) is 46.0 Å². The molecule has 0 atom stereocenters. The quantitative estimate of drug-likeness (QED) is 0.565. The SMILES string of the molecule is Cc1cc(CCC(=O)O)cc(Cc2cc(CCC(=O)O)cc(C)c2O)c1O. The Kier molecular flexibility index (Phi) is 6.45. The average molecular weight is 372 g/mol. The normalized spacial score (nSPS) is 10.7. The number of aromatic hydroxyl groups is 2. The third kappa shape index (κ3) is 5.48. The number of rotatable bonds is 8. The first-order valence-corrected chi connectivity index (χ1v) is 8.73. The van der Waals surface area contributed by atoms with Gasteiger partial charge in [-0.2, -0.15) is 0 Å². The standard InChI is InChI=1S/C21H24O6/c1-12-7-14(3-5-18(22)23)9-16(20(12)26)11-17-10-15(4-6-19(24)25)8-13(2)21(17)27/h7-10,26-27H,3-6,11H2,1-2H3,(H,22,23)(H,24,25). The molecule has 0 bridgehead atoms. The molecule has 0 aromatic heterocycles. The van der Waals surface area contributed by atoms with E-state index in [-0.39, 0.29) is 30.8 Å². The number of aryl methyl sites for hydroxylation is 4. The summed E-state index contributed by atoms with van der Waals surface area (Å²) < 4.78 is 0. The molecule has 0 heterocycles. The van der Waals surface area contributed by atoms with Gasteiger partial charge in [-0.25, -0.2) is 0 Å². The highest BCUT2D eigenvalue weighted by Crippen LogP contribution is 2.32. The molecule has 0 radical (unpaired) electrons. The maximum absolute atomic E-state index is 10.8. The lowest BCUT2D eigenvalue weighted by Crippen LogP contribution is -2.01. The molecule has 4 N–H and O–H groups in total. The van der Waals surface area contributed by atoms with Gasteiger partial charge >= 0.3 is 11.9 Å². The van der Waals surface area contributed by atoms with Gasteiger partial charge in [0.05, 0.1) is 0 Å². The Hall–Kier alpha value is -3.02. The van der Waals surface area contributed by atoms with Crippen molar-refractivity contribution in [2.24, 2.45) is 0 Å². The first-order chi connectivity index (χ1) is 12.7. The molecular weight excluding hydrogens is 348 g/mol. The number of benzene rings is 2. The Morgan fingerprint density at radius 2 is 1.11 bits per heavy atom. The molecule has 0 saturated carbocycles. The van der Waals surface area contributed by atoms with Gasteiger partial charge in [-0.15, -0.1) is 0 Å². The van der Waals surface area contributed by atoms with E-state index >= 15 is 0 Å². The van der Waals surface area contributed by atoms with Crippen molar-refractivity contribution >= 4 is 11.9 Å². The predicted molar refractivity (Wildman–Crippen MR) is 100 cm³/mol. The molecule has 6 nitrogen and oxygen atoms in total. The van der Waals surface area contributed by atoms with Crippen LogP contribution < -0.4 is 0 Å². The number of phenolic OH excluding ortho intramolecular Hbond substituents is 2. The zero-order valence-corrected chi connectivity index (χ0v) is 15.5. The minimum atomic E-state index is -0.887. The van der Waals surface area contributed by atoms with E-state index in [1.165, 1.54) is 0 Å². The van der Waals surface area contributed by atoms with E-state index in [4.69, 9.17) is 10.2 Å². The molecule has 6 heteroatoms. The number of phenols is 2. The molecular formula is C21H24O6. The Bertz CT molecular complexity index is 798. The Morgan fingerprint density at radius 3 is 1.44 bits per heavy atom. The van der Waals surface area contributed by atoms with Gasteiger partial charge < -0.3 is 20.4 Å². The van der Waals surface area contributed by atoms with Crippen molar-refractivity contribution in [3.8, 4) is 11.5 Å². The van der Waals surface area contributed by atoms with E-state index in [2.05, 4.69) is 0 Å². The number of carbonyl (C=O) groups is 2. The molecule has 2 aromatic rings. The Balaban J connectivity index is 2.34. The van der Waals surface area contributed by atoms with Gasteiger partial charge in [-0.05, 0) is 60.1 Å². The van der Waals surface area contributed by atoms with Gasteiger partial charge in [0.1, 0.15) is 11.5 Å². The second-order valence-electron chi connectivity index (χ2n) is 6.81. The van der Waals surface area contributed by atoms with Crippen LogP contribution in [0.15, 0.2) is 24.3 Å². The molecule has 0 unspecified atom stereocenters. The lowest BCUT2D eigenvalue weighted by atomic mass is 9.94. The summed E-state index contributed by atoms with van der Waals surface area (Å²) in [6.45, 7) is 3.50. The van der Waals surface area contributed by atoms with Crippen molar-refractivity contribution < 1.29 is 30.0 Å². The van der Waals surface area contributed by atoms with E-state index in [1.807, 2.05) is 0 Å². The molecule has 0 aliphatic carbocycles. The van der Waals surface area contributed by atoms with E-state index in [1.54, 1.807) is 38.1 Å². The van der Waals surface area contributed by atoms with Crippen LogP contribution in [-0.4, -0.2) is 32.4 Å². The second kappa shape index (κ2) is 8.58. The first kappa shape index (κ1) is 20.3. The highest BCUT2D eigenvalue weighted by Gasteiger charge is 2.14. The Morgan fingerprint density at radius 1 is 0.741 bits per heavy atom. The van der Waals surface area contributed by atoms with Crippen LogP contribution in [0, 0.1) is 13.8 Å². The summed E-state index contributed by atoms with van der Waals surface area (Å²) in [5.41, 5.74) is 4.10. The smallest absolute Gasteiger partial charge is 0.303 e. The second-order valence-corrected chi connectivity index (χ2v) is 6.81. The minimum Gasteiger partial charge on any atom is -0.507 e. The van der Waals surface area contributed by atoms with Crippen molar-refractivity contribution in [1.82, 2.24) is 0 Å². The number of carboxylic acid groups (broad SMARTS) is 2. The van der Waals surface area contributed by atoms with Crippen molar-refractivity contribution in [3.05, 3.63) is 57.6 Å². The fourth-order valence-corrected chi connectivity index (χ4v) is 3.13. The van der Waals surface area contributed by atoms with E-state index in [0.717, 1.165) is 11.1 Å². The summed E-state index contributed by atoms with van der Waals surface area (Å²) in [4.78, 5) is 21.6. The van der Waals surface area contributed by atoms with Gasteiger partial charge in [0.25, 0.3) is 0 Å². The molecule has 0 amide bonds. The van der Waals surface area contributed by atoms with Crippen LogP contribution in [0.5, 0.6) is 11.5 Å². The van der Waals surface area contributed by atoms with Gasteiger partial charge in [-0.3, -0.25) is 9.59 Å². The summed E-state index contributed by atoms with van der Waals surface area (Å²) in [5, 5.41) is 38.5. The van der Waals surface area contributed by atoms with Crippen molar-refractivity contribution in [3.63, 3.8) is 0 Å². The first-order valence-electron chi connectivity index (χ1n) is 8.73. The number of carboxylic acids is 2. The molecule has 0 aliphatic rings. The lowest BCUT2D eigenvalue weighted by molar-refractivity contribution is -0.138. The van der Waals surface area contributed by atoms with E-state index < -0.39 is 11.9 Å². The number of hydrogen-bond acceptors (Lipinski definition) is 4. The zero-order chi connectivity index (χ0) is 20.1. The molecule has 0 fully saturated rings. The summed E-state index contributed by atoms with van der Waals surface area (Å²) in [7, 11) is 0. The van der Waals surface area contributed by atoms with Crippen molar-refractivity contribution in [1.29, 1.82) is 0 Å². The van der Waals surface area contributed by atoms with Crippen LogP contribution in [0.3, 0.4) is 0 Å². The average Bonchev–Trinajstić information content (AvgIpc) is 2.59. The third-order valence-corrected chi connectivity index (χ3v) is 4.51. The molecule has 27 heavy (non-hydrogen) atoms. The van der Waals surface area contributed by atoms with Gasteiger partial charge in [0, 0.05) is 19.3 Å². The van der Waals surface area contributed by atoms with Crippen molar-refractivity contribution in [2.75, 3.05) is 0 Å². The monoisotopic (exact) mass is 372 g/mol. The minimum absolute atomic E-state index is 0.00130. The lowest BCUT2D eigenvalue weighted by Gasteiger charge is -2.14. The third-order valence-electron chi connectivity index (χ3n) is 4.51. The molecule has 2 aromatic carbocycles. The maximum atomic E-state index is 10.8. The highest BCUT2D eigenvalue weighted by molar-refractivity contribution is 5.67. The fraction of sp³-hybridized carbons (Fsp3) is 0.333. The van der Waals surface area contributed by atoms with Crippen LogP contribution in [0.25, 0.3) is 0 Å². The summed E-state index contributed by atoms with van der Waals surface area (Å²) in [5.74, 6) is -1.55. The summed E-state index contributed by atoms with van der Waals surface area (Å²) >= 11 is 0.